The zero-order valence-electron chi connectivity index (χ0n) is 8.87. The molecule has 2 aliphatic rings. The molecular formula is C10H21N3. The van der Waals surface area contributed by atoms with Gasteiger partial charge in [-0.2, -0.15) is 0 Å². The Morgan fingerprint density at radius 2 is 2.00 bits per heavy atom. The van der Waals surface area contributed by atoms with E-state index >= 15 is 0 Å². The summed E-state index contributed by atoms with van der Waals surface area (Å²) in [6.07, 6.45) is 2.79. The zero-order valence-corrected chi connectivity index (χ0v) is 8.87. The number of likely N-dealkylation sites (N-methyl/N-ethyl adjacent to an activating group) is 2. The van der Waals surface area contributed by atoms with Crippen molar-refractivity contribution in [3.63, 3.8) is 0 Å². The molecule has 3 nitrogen and oxygen atoms in total. The van der Waals surface area contributed by atoms with Crippen LogP contribution in [0.3, 0.4) is 0 Å². The van der Waals surface area contributed by atoms with Crippen LogP contribution in [0.5, 0.6) is 0 Å². The topological polar surface area (TPSA) is 9.72 Å². The van der Waals surface area contributed by atoms with Gasteiger partial charge < -0.3 is 4.90 Å². The Morgan fingerprint density at radius 3 is 2.54 bits per heavy atom. The summed E-state index contributed by atoms with van der Waals surface area (Å²) < 4.78 is 0. The molecule has 0 aromatic rings. The minimum atomic E-state index is 0.825. The molecule has 2 aliphatic heterocycles. The van der Waals surface area contributed by atoms with Gasteiger partial charge in [-0.1, -0.05) is 0 Å². The molecule has 2 heterocycles. The lowest BCUT2D eigenvalue weighted by Crippen LogP contribution is -2.38. The van der Waals surface area contributed by atoms with E-state index in [1.54, 1.807) is 0 Å². The summed E-state index contributed by atoms with van der Waals surface area (Å²) in [5, 5.41) is 0. The van der Waals surface area contributed by atoms with Crippen LogP contribution in [-0.2, 0) is 0 Å². The van der Waals surface area contributed by atoms with Crippen molar-refractivity contribution in [3.8, 4) is 0 Å². The third-order valence-corrected chi connectivity index (χ3v) is 3.38. The first kappa shape index (κ1) is 9.44. The third-order valence-electron chi connectivity index (χ3n) is 3.38. The highest BCUT2D eigenvalue weighted by atomic mass is 15.4. The molecule has 13 heavy (non-hydrogen) atoms. The van der Waals surface area contributed by atoms with E-state index in [1.807, 2.05) is 0 Å². The lowest BCUT2D eigenvalue weighted by atomic mass is 10.2. The Kier molecular flexibility index (Phi) is 2.86. The minimum Gasteiger partial charge on any atom is -0.302 e. The summed E-state index contributed by atoms with van der Waals surface area (Å²) >= 11 is 0. The van der Waals surface area contributed by atoms with E-state index in [2.05, 4.69) is 28.8 Å². The average molecular weight is 183 g/mol. The van der Waals surface area contributed by atoms with Gasteiger partial charge in [-0.05, 0) is 33.5 Å². The van der Waals surface area contributed by atoms with Crippen molar-refractivity contribution in [2.75, 3.05) is 46.9 Å². The van der Waals surface area contributed by atoms with Gasteiger partial charge in [-0.25, -0.2) is 0 Å². The van der Waals surface area contributed by atoms with Gasteiger partial charge in [0.25, 0.3) is 0 Å². The highest BCUT2D eigenvalue weighted by Gasteiger charge is 2.25. The third kappa shape index (κ3) is 2.22. The fourth-order valence-electron chi connectivity index (χ4n) is 2.45. The van der Waals surface area contributed by atoms with Gasteiger partial charge in [0.05, 0.1) is 6.67 Å². The van der Waals surface area contributed by atoms with E-state index in [0.717, 1.165) is 6.04 Å². The normalized spacial score (nSPS) is 33.2. The van der Waals surface area contributed by atoms with Gasteiger partial charge in [-0.3, -0.25) is 9.80 Å². The van der Waals surface area contributed by atoms with Crippen LogP contribution in [0, 0.1) is 0 Å². The molecule has 0 amide bonds. The molecular weight excluding hydrogens is 162 g/mol. The number of rotatable bonds is 2. The molecule has 0 aliphatic carbocycles. The predicted molar refractivity (Wildman–Crippen MR) is 54.7 cm³/mol. The van der Waals surface area contributed by atoms with E-state index < -0.39 is 0 Å². The first-order valence-corrected chi connectivity index (χ1v) is 5.37. The second kappa shape index (κ2) is 3.95. The van der Waals surface area contributed by atoms with Crippen LogP contribution < -0.4 is 0 Å². The molecule has 0 N–H and O–H groups in total. The SMILES string of the molecule is CN1CCN(CC2CCCN2C)C1. The maximum Gasteiger partial charge on any atom is 0.0505 e. The summed E-state index contributed by atoms with van der Waals surface area (Å²) in [6.45, 7) is 6.26. The monoisotopic (exact) mass is 183 g/mol. The standard InChI is InChI=1S/C10H21N3/c1-11-6-7-13(9-11)8-10-4-3-5-12(10)2/h10H,3-9H2,1-2H3. The molecule has 0 aromatic carbocycles. The number of hydrogen-bond acceptors (Lipinski definition) is 3. The first-order chi connectivity index (χ1) is 6.25. The number of nitrogens with zero attached hydrogens (tertiary/aromatic N) is 3. The molecule has 1 atom stereocenters. The van der Waals surface area contributed by atoms with Crippen molar-refractivity contribution in [1.82, 2.24) is 14.7 Å². The van der Waals surface area contributed by atoms with Gasteiger partial charge in [0, 0.05) is 25.7 Å². The largest absolute Gasteiger partial charge is 0.302 e. The molecule has 1 unspecified atom stereocenters. The molecule has 2 fully saturated rings. The molecule has 0 radical (unpaired) electrons. The molecule has 3 heteroatoms. The van der Waals surface area contributed by atoms with Crippen LogP contribution in [0.25, 0.3) is 0 Å². The van der Waals surface area contributed by atoms with Crippen molar-refractivity contribution in [2.24, 2.45) is 0 Å². The van der Waals surface area contributed by atoms with Crippen LogP contribution in [0.1, 0.15) is 12.8 Å². The highest BCUT2D eigenvalue weighted by molar-refractivity contribution is 4.81. The maximum absolute atomic E-state index is 2.58. The predicted octanol–water partition coefficient (Wildman–Crippen LogP) is 0.286. The van der Waals surface area contributed by atoms with E-state index in [4.69, 9.17) is 0 Å². The molecule has 76 valence electrons. The Bertz CT molecular complexity index is 172. The van der Waals surface area contributed by atoms with E-state index in [-0.39, 0.29) is 0 Å². The summed E-state index contributed by atoms with van der Waals surface area (Å²) in [5.74, 6) is 0. The van der Waals surface area contributed by atoms with Gasteiger partial charge in [0.1, 0.15) is 0 Å². The van der Waals surface area contributed by atoms with E-state index in [1.165, 1.54) is 45.7 Å². The molecule has 0 saturated carbocycles. The Hall–Kier alpha value is -0.120. The van der Waals surface area contributed by atoms with Crippen LogP contribution in [0.2, 0.25) is 0 Å². The fourth-order valence-corrected chi connectivity index (χ4v) is 2.45. The molecule has 2 saturated heterocycles. The Labute approximate surface area is 81.3 Å². The molecule has 0 spiro atoms. The molecule has 2 rings (SSSR count). The minimum absolute atomic E-state index is 0.825. The second-order valence-corrected chi connectivity index (χ2v) is 4.57. The van der Waals surface area contributed by atoms with Crippen molar-refractivity contribution in [3.05, 3.63) is 0 Å². The van der Waals surface area contributed by atoms with Crippen LogP contribution in [-0.4, -0.2) is 67.7 Å². The van der Waals surface area contributed by atoms with Crippen molar-refractivity contribution < 1.29 is 0 Å². The van der Waals surface area contributed by atoms with Gasteiger partial charge >= 0.3 is 0 Å². The molecule has 0 aromatic heterocycles. The number of hydrogen-bond donors (Lipinski definition) is 0. The average Bonchev–Trinajstić information content (AvgIpc) is 2.64. The van der Waals surface area contributed by atoms with Crippen molar-refractivity contribution >= 4 is 0 Å². The summed E-state index contributed by atoms with van der Waals surface area (Å²) in [5.41, 5.74) is 0. The lowest BCUT2D eigenvalue weighted by Gasteiger charge is -2.25. The zero-order chi connectivity index (χ0) is 9.26. The van der Waals surface area contributed by atoms with Gasteiger partial charge in [0.15, 0.2) is 0 Å². The second-order valence-electron chi connectivity index (χ2n) is 4.57. The lowest BCUT2D eigenvalue weighted by molar-refractivity contribution is 0.199. The van der Waals surface area contributed by atoms with E-state index in [9.17, 15) is 0 Å². The van der Waals surface area contributed by atoms with Crippen LogP contribution in [0.15, 0.2) is 0 Å². The summed E-state index contributed by atoms with van der Waals surface area (Å²) in [6, 6.07) is 0.825. The first-order valence-electron chi connectivity index (χ1n) is 5.37. The summed E-state index contributed by atoms with van der Waals surface area (Å²) in [7, 11) is 4.47. The Balaban J connectivity index is 1.77. The summed E-state index contributed by atoms with van der Waals surface area (Å²) in [4.78, 5) is 7.49. The Morgan fingerprint density at radius 1 is 1.15 bits per heavy atom. The van der Waals surface area contributed by atoms with E-state index in [0.29, 0.717) is 0 Å². The quantitative estimate of drug-likeness (QED) is 0.609. The smallest absolute Gasteiger partial charge is 0.0505 e. The van der Waals surface area contributed by atoms with Crippen LogP contribution >= 0.6 is 0 Å². The van der Waals surface area contributed by atoms with Gasteiger partial charge in [-0.15, -0.1) is 0 Å². The van der Waals surface area contributed by atoms with Crippen molar-refractivity contribution in [1.29, 1.82) is 0 Å². The van der Waals surface area contributed by atoms with Crippen molar-refractivity contribution in [2.45, 2.75) is 18.9 Å². The molecule has 0 bridgehead atoms. The van der Waals surface area contributed by atoms with Crippen LogP contribution in [0.4, 0.5) is 0 Å². The maximum atomic E-state index is 2.58. The number of likely N-dealkylation sites (tertiary alicyclic amines) is 1. The highest BCUT2D eigenvalue weighted by Crippen LogP contribution is 2.16. The fraction of sp³-hybridized carbons (Fsp3) is 1.00. The van der Waals surface area contributed by atoms with Gasteiger partial charge in [0.2, 0.25) is 0 Å².